The lowest BCUT2D eigenvalue weighted by atomic mass is 10.0. The van der Waals surface area contributed by atoms with E-state index in [2.05, 4.69) is 41.9 Å². The van der Waals surface area contributed by atoms with Gasteiger partial charge >= 0.3 is 0 Å². The summed E-state index contributed by atoms with van der Waals surface area (Å²) in [5.74, 6) is 0.991. The van der Waals surface area contributed by atoms with Crippen LogP contribution in [0.4, 0.5) is 11.5 Å². The first kappa shape index (κ1) is 14.5. The van der Waals surface area contributed by atoms with Crippen molar-refractivity contribution in [3.63, 3.8) is 0 Å². The number of anilines is 2. The van der Waals surface area contributed by atoms with E-state index in [1.165, 1.54) is 11.1 Å². The van der Waals surface area contributed by atoms with Crippen molar-refractivity contribution in [1.29, 1.82) is 0 Å². The van der Waals surface area contributed by atoms with Gasteiger partial charge in [0.25, 0.3) is 0 Å². The molecular weight excluding hydrogens is 246 g/mol. The number of pyridine rings is 1. The highest BCUT2D eigenvalue weighted by atomic mass is 15.2. The minimum Gasteiger partial charge on any atom is -0.329 e. The maximum Gasteiger partial charge on any atom is 0.135 e. The van der Waals surface area contributed by atoms with E-state index in [4.69, 9.17) is 5.73 Å². The molecule has 0 aliphatic rings. The summed E-state index contributed by atoms with van der Waals surface area (Å²) in [5, 5.41) is 0. The van der Waals surface area contributed by atoms with Gasteiger partial charge in [0.1, 0.15) is 5.82 Å². The quantitative estimate of drug-likeness (QED) is 0.904. The van der Waals surface area contributed by atoms with Crippen molar-refractivity contribution in [1.82, 2.24) is 4.98 Å². The molecule has 2 rings (SSSR count). The van der Waals surface area contributed by atoms with Gasteiger partial charge in [-0.2, -0.15) is 0 Å². The lowest BCUT2D eigenvalue weighted by Crippen LogP contribution is -2.21. The van der Waals surface area contributed by atoms with Crippen LogP contribution in [0.3, 0.4) is 0 Å². The molecule has 0 aliphatic carbocycles. The topological polar surface area (TPSA) is 42.1 Å². The summed E-state index contributed by atoms with van der Waals surface area (Å²) in [6, 6.07) is 12.7. The van der Waals surface area contributed by atoms with E-state index >= 15 is 0 Å². The van der Waals surface area contributed by atoms with Gasteiger partial charge in [0.15, 0.2) is 0 Å². The summed E-state index contributed by atoms with van der Waals surface area (Å²) in [5.41, 5.74) is 9.53. The molecule has 0 fully saturated rings. The Morgan fingerprint density at radius 1 is 1.25 bits per heavy atom. The number of aromatic nitrogens is 1. The Morgan fingerprint density at radius 3 is 2.55 bits per heavy atom. The number of para-hydroxylation sites is 1. The molecule has 106 valence electrons. The van der Waals surface area contributed by atoms with Crippen LogP contribution in [0.15, 0.2) is 42.6 Å². The number of benzene rings is 1. The number of hydrogen-bond acceptors (Lipinski definition) is 3. The van der Waals surface area contributed by atoms with Crippen molar-refractivity contribution in [2.45, 2.75) is 32.7 Å². The Balaban J connectivity index is 2.21. The van der Waals surface area contributed by atoms with Crippen LogP contribution in [0.25, 0.3) is 0 Å². The number of rotatable bonds is 5. The molecule has 2 N–H and O–H groups in total. The Bertz CT molecular complexity index is 551. The predicted octanol–water partition coefficient (Wildman–Crippen LogP) is 3.44. The van der Waals surface area contributed by atoms with E-state index in [0.717, 1.165) is 24.3 Å². The van der Waals surface area contributed by atoms with Gasteiger partial charge in [0, 0.05) is 25.0 Å². The van der Waals surface area contributed by atoms with Gasteiger partial charge in [-0.25, -0.2) is 4.98 Å². The van der Waals surface area contributed by atoms with Gasteiger partial charge in [-0.15, -0.1) is 0 Å². The van der Waals surface area contributed by atoms with Crippen molar-refractivity contribution in [3.05, 3.63) is 53.7 Å². The summed E-state index contributed by atoms with van der Waals surface area (Å²) < 4.78 is 0. The van der Waals surface area contributed by atoms with Gasteiger partial charge in [-0.05, 0) is 43.0 Å². The summed E-state index contributed by atoms with van der Waals surface area (Å²) in [4.78, 5) is 6.72. The highest BCUT2D eigenvalue weighted by molar-refractivity contribution is 5.61. The van der Waals surface area contributed by atoms with Crippen LogP contribution in [-0.4, -0.2) is 18.1 Å². The lowest BCUT2D eigenvalue weighted by molar-refractivity contribution is 0.645. The molecule has 3 heteroatoms. The van der Waals surface area contributed by atoms with Gasteiger partial charge in [0.05, 0.1) is 0 Å². The Labute approximate surface area is 121 Å². The minimum absolute atomic E-state index is 0.217. The molecule has 0 saturated carbocycles. The Kier molecular flexibility index (Phi) is 4.74. The van der Waals surface area contributed by atoms with Crippen LogP contribution in [0.2, 0.25) is 0 Å². The van der Waals surface area contributed by atoms with Crippen molar-refractivity contribution < 1.29 is 0 Å². The first-order valence-corrected chi connectivity index (χ1v) is 7.11. The van der Waals surface area contributed by atoms with Crippen molar-refractivity contribution in [2.75, 3.05) is 11.9 Å². The fraction of sp³-hybridized carbons (Fsp3) is 0.353. The van der Waals surface area contributed by atoms with Gasteiger partial charge < -0.3 is 10.6 Å². The monoisotopic (exact) mass is 269 g/mol. The predicted molar refractivity (Wildman–Crippen MR) is 85.4 cm³/mol. The molecule has 1 atom stereocenters. The van der Waals surface area contributed by atoms with Crippen LogP contribution < -0.4 is 10.6 Å². The molecule has 3 nitrogen and oxygen atoms in total. The summed E-state index contributed by atoms with van der Waals surface area (Å²) in [6.45, 7) is 4.21. The number of nitrogens with zero attached hydrogens (tertiary/aromatic N) is 2. The second-order valence-electron chi connectivity index (χ2n) is 5.25. The third kappa shape index (κ3) is 3.36. The van der Waals surface area contributed by atoms with Gasteiger partial charge in [0.2, 0.25) is 0 Å². The van der Waals surface area contributed by atoms with Crippen LogP contribution in [0, 0.1) is 6.92 Å². The first-order valence-electron chi connectivity index (χ1n) is 7.11. The third-order valence-electron chi connectivity index (χ3n) is 3.59. The molecule has 0 spiro atoms. The summed E-state index contributed by atoms with van der Waals surface area (Å²) in [7, 11) is 2.04. The zero-order chi connectivity index (χ0) is 14.5. The second kappa shape index (κ2) is 6.53. The van der Waals surface area contributed by atoms with E-state index in [0.29, 0.717) is 0 Å². The molecule has 1 unspecified atom stereocenters. The van der Waals surface area contributed by atoms with Crippen molar-refractivity contribution in [3.8, 4) is 0 Å². The average Bonchev–Trinajstić information content (AvgIpc) is 2.47. The maximum atomic E-state index is 6.01. The highest BCUT2D eigenvalue weighted by Crippen LogP contribution is 2.25. The molecule has 1 aromatic heterocycles. The molecule has 2 aromatic rings. The first-order chi connectivity index (χ1) is 9.61. The fourth-order valence-corrected chi connectivity index (χ4v) is 2.31. The number of hydrogen-bond donors (Lipinski definition) is 1. The molecule has 0 amide bonds. The van der Waals surface area contributed by atoms with Gasteiger partial charge in [-0.3, -0.25) is 0 Å². The molecule has 0 aliphatic heterocycles. The van der Waals surface area contributed by atoms with E-state index in [1.807, 2.05) is 31.4 Å². The largest absolute Gasteiger partial charge is 0.329 e. The van der Waals surface area contributed by atoms with Crippen molar-refractivity contribution in [2.24, 2.45) is 5.73 Å². The Morgan fingerprint density at radius 2 is 1.95 bits per heavy atom. The van der Waals surface area contributed by atoms with Crippen LogP contribution in [-0.2, 0) is 6.42 Å². The van der Waals surface area contributed by atoms with E-state index in [9.17, 15) is 0 Å². The zero-order valence-corrected chi connectivity index (χ0v) is 12.5. The molecular formula is C17H23N3. The van der Waals surface area contributed by atoms with E-state index in [1.54, 1.807) is 0 Å². The summed E-state index contributed by atoms with van der Waals surface area (Å²) in [6.07, 6.45) is 3.82. The van der Waals surface area contributed by atoms with Gasteiger partial charge in [-0.1, -0.05) is 31.2 Å². The van der Waals surface area contributed by atoms with E-state index < -0.39 is 0 Å². The maximum absolute atomic E-state index is 6.01. The van der Waals surface area contributed by atoms with Crippen LogP contribution >= 0.6 is 0 Å². The summed E-state index contributed by atoms with van der Waals surface area (Å²) >= 11 is 0. The second-order valence-corrected chi connectivity index (χ2v) is 5.25. The minimum atomic E-state index is 0.217. The normalized spacial score (nSPS) is 12.2. The number of nitrogens with two attached hydrogens (primary N) is 1. The van der Waals surface area contributed by atoms with Crippen LogP contribution in [0.5, 0.6) is 0 Å². The average molecular weight is 269 g/mol. The standard InChI is InChI=1S/C17H23N3/c1-4-15(18)11-14-10-13(2)17(19-12-14)20(3)16-8-6-5-7-9-16/h5-10,12,15H,4,11,18H2,1-3H3. The van der Waals surface area contributed by atoms with Crippen molar-refractivity contribution >= 4 is 11.5 Å². The Hall–Kier alpha value is -1.87. The fourth-order valence-electron chi connectivity index (χ4n) is 2.31. The van der Waals surface area contributed by atoms with Crippen LogP contribution in [0.1, 0.15) is 24.5 Å². The molecule has 1 heterocycles. The molecule has 0 bridgehead atoms. The lowest BCUT2D eigenvalue weighted by Gasteiger charge is -2.21. The van der Waals surface area contributed by atoms with E-state index in [-0.39, 0.29) is 6.04 Å². The molecule has 1 aromatic carbocycles. The highest BCUT2D eigenvalue weighted by Gasteiger charge is 2.10. The smallest absolute Gasteiger partial charge is 0.135 e. The SMILES string of the molecule is CCC(N)Cc1cnc(N(C)c2ccccc2)c(C)c1. The molecule has 20 heavy (non-hydrogen) atoms. The third-order valence-corrected chi connectivity index (χ3v) is 3.59. The number of aryl methyl sites for hydroxylation is 1. The molecule has 0 radical (unpaired) electrons. The zero-order valence-electron chi connectivity index (χ0n) is 12.5. The molecule has 0 saturated heterocycles.